The van der Waals surface area contributed by atoms with Gasteiger partial charge in [0, 0.05) is 25.3 Å². The molecule has 1 aliphatic heterocycles. The van der Waals surface area contributed by atoms with Crippen LogP contribution in [0.25, 0.3) is 0 Å². The van der Waals surface area contributed by atoms with Crippen molar-refractivity contribution in [1.29, 1.82) is 0 Å². The van der Waals surface area contributed by atoms with Gasteiger partial charge in [0.2, 0.25) is 5.91 Å². The number of aromatic nitrogens is 1. The van der Waals surface area contributed by atoms with Crippen LogP contribution in [0.4, 0.5) is 5.82 Å². The first-order valence-electron chi connectivity index (χ1n) is 7.39. The number of hydrogen-bond donors (Lipinski definition) is 2. The second-order valence-corrected chi connectivity index (χ2v) is 6.29. The van der Waals surface area contributed by atoms with Crippen molar-refractivity contribution in [3.8, 4) is 0 Å². The molecule has 0 bridgehead atoms. The predicted molar refractivity (Wildman–Crippen MR) is 85.5 cm³/mol. The molecule has 0 spiro atoms. The molecular formula is C15H23ClN4O. The van der Waals surface area contributed by atoms with Crippen LogP contribution in [0.2, 0.25) is 5.02 Å². The number of nitrogens with zero attached hydrogens (tertiary/aromatic N) is 2. The third-order valence-electron chi connectivity index (χ3n) is 3.85. The summed E-state index contributed by atoms with van der Waals surface area (Å²) in [6, 6.07) is 3.73. The Morgan fingerprint density at radius 1 is 1.67 bits per heavy atom. The van der Waals surface area contributed by atoms with E-state index >= 15 is 0 Å². The molecule has 2 atom stereocenters. The normalized spacial score (nSPS) is 21.1. The summed E-state index contributed by atoms with van der Waals surface area (Å²) in [5, 5.41) is 3.68. The molecule has 116 valence electrons. The highest BCUT2D eigenvalue weighted by Crippen LogP contribution is 2.26. The quantitative estimate of drug-likeness (QED) is 0.872. The minimum Gasteiger partial charge on any atom is -0.353 e. The Labute approximate surface area is 130 Å². The number of anilines is 1. The first kappa shape index (κ1) is 16.0. The highest BCUT2D eigenvalue weighted by atomic mass is 35.5. The molecule has 0 aliphatic carbocycles. The van der Waals surface area contributed by atoms with E-state index in [1.54, 1.807) is 13.1 Å². The van der Waals surface area contributed by atoms with Crippen LogP contribution in [-0.2, 0) is 4.79 Å². The van der Waals surface area contributed by atoms with Crippen molar-refractivity contribution < 1.29 is 4.79 Å². The van der Waals surface area contributed by atoms with E-state index < -0.39 is 5.54 Å². The number of halogens is 1. The summed E-state index contributed by atoms with van der Waals surface area (Å²) < 4.78 is 0. The minimum atomic E-state index is -0.801. The van der Waals surface area contributed by atoms with Crippen LogP contribution in [0, 0.1) is 0 Å². The van der Waals surface area contributed by atoms with Gasteiger partial charge in [-0.2, -0.15) is 0 Å². The summed E-state index contributed by atoms with van der Waals surface area (Å²) in [7, 11) is 0. The van der Waals surface area contributed by atoms with Gasteiger partial charge < -0.3 is 16.0 Å². The second kappa shape index (κ2) is 6.62. The van der Waals surface area contributed by atoms with Gasteiger partial charge in [-0.25, -0.2) is 4.98 Å². The van der Waals surface area contributed by atoms with Crippen LogP contribution >= 0.6 is 11.6 Å². The maximum atomic E-state index is 12.2. The van der Waals surface area contributed by atoms with Gasteiger partial charge in [0.15, 0.2) is 0 Å². The molecule has 1 aromatic heterocycles. The van der Waals surface area contributed by atoms with E-state index in [-0.39, 0.29) is 11.9 Å². The van der Waals surface area contributed by atoms with Crippen molar-refractivity contribution in [2.24, 2.45) is 5.73 Å². The maximum Gasteiger partial charge on any atom is 0.240 e. The van der Waals surface area contributed by atoms with Gasteiger partial charge in [0.05, 0.1) is 10.6 Å². The zero-order valence-corrected chi connectivity index (χ0v) is 13.4. The molecule has 1 aromatic rings. The molecule has 5 nitrogen and oxygen atoms in total. The van der Waals surface area contributed by atoms with Gasteiger partial charge in [-0.3, -0.25) is 4.79 Å². The summed E-state index contributed by atoms with van der Waals surface area (Å²) in [5.41, 5.74) is 5.26. The van der Waals surface area contributed by atoms with Crippen LogP contribution in [0.5, 0.6) is 0 Å². The van der Waals surface area contributed by atoms with Crippen molar-refractivity contribution in [1.82, 2.24) is 10.3 Å². The molecule has 1 saturated heterocycles. The monoisotopic (exact) mass is 310 g/mol. The predicted octanol–water partition coefficient (Wildman–Crippen LogP) is 1.95. The molecule has 0 aromatic carbocycles. The number of nitrogens with one attached hydrogen (secondary N) is 1. The molecule has 21 heavy (non-hydrogen) atoms. The van der Waals surface area contributed by atoms with Crippen molar-refractivity contribution >= 4 is 23.3 Å². The van der Waals surface area contributed by atoms with Crippen molar-refractivity contribution in [3.05, 3.63) is 23.4 Å². The average molecular weight is 311 g/mol. The van der Waals surface area contributed by atoms with E-state index in [2.05, 4.69) is 15.2 Å². The highest BCUT2D eigenvalue weighted by Gasteiger charge is 2.32. The Hall–Kier alpha value is -1.33. The van der Waals surface area contributed by atoms with Crippen LogP contribution in [0.15, 0.2) is 18.3 Å². The number of hydrogen-bond acceptors (Lipinski definition) is 4. The molecule has 2 heterocycles. The van der Waals surface area contributed by atoms with Gasteiger partial charge in [-0.1, -0.05) is 24.9 Å². The molecular weight excluding hydrogens is 288 g/mol. The molecule has 0 radical (unpaired) electrons. The smallest absolute Gasteiger partial charge is 0.240 e. The fourth-order valence-corrected chi connectivity index (χ4v) is 2.90. The molecule has 1 fully saturated rings. The Kier molecular flexibility index (Phi) is 5.06. The molecule has 1 aliphatic rings. The zero-order valence-electron chi connectivity index (χ0n) is 12.6. The first-order valence-corrected chi connectivity index (χ1v) is 7.77. The van der Waals surface area contributed by atoms with Gasteiger partial charge in [0.1, 0.15) is 5.82 Å². The summed E-state index contributed by atoms with van der Waals surface area (Å²) in [4.78, 5) is 18.6. The number of carbonyl (C=O) groups excluding carboxylic acids is 1. The Morgan fingerprint density at radius 3 is 3.10 bits per heavy atom. The summed E-state index contributed by atoms with van der Waals surface area (Å²) in [5.74, 6) is 0.698. The minimum absolute atomic E-state index is 0.0803. The molecule has 3 N–H and O–H groups in total. The van der Waals surface area contributed by atoms with E-state index in [9.17, 15) is 4.79 Å². The van der Waals surface area contributed by atoms with Gasteiger partial charge in [-0.05, 0) is 31.9 Å². The van der Waals surface area contributed by atoms with E-state index in [0.29, 0.717) is 18.0 Å². The molecule has 0 saturated carbocycles. The summed E-state index contributed by atoms with van der Waals surface area (Å²) in [6.45, 7) is 5.36. The molecule has 6 heteroatoms. The fourth-order valence-electron chi connectivity index (χ4n) is 2.66. The average Bonchev–Trinajstić information content (AvgIpc) is 2.87. The van der Waals surface area contributed by atoms with Crippen molar-refractivity contribution in [2.45, 2.75) is 44.7 Å². The molecule has 2 rings (SSSR count). The number of rotatable bonds is 5. The Balaban J connectivity index is 1.94. The van der Waals surface area contributed by atoms with E-state index in [1.165, 1.54) is 0 Å². The lowest BCUT2D eigenvalue weighted by molar-refractivity contribution is -0.126. The molecule has 1 amide bonds. The lowest BCUT2D eigenvalue weighted by atomic mass is 9.96. The van der Waals surface area contributed by atoms with E-state index in [0.717, 1.165) is 25.2 Å². The van der Waals surface area contributed by atoms with Gasteiger partial charge in [0.25, 0.3) is 0 Å². The lowest BCUT2D eigenvalue weighted by Gasteiger charge is -2.25. The van der Waals surface area contributed by atoms with Crippen molar-refractivity contribution in [3.63, 3.8) is 0 Å². The highest BCUT2D eigenvalue weighted by molar-refractivity contribution is 6.32. The zero-order chi connectivity index (χ0) is 15.5. The van der Waals surface area contributed by atoms with Gasteiger partial charge >= 0.3 is 0 Å². The second-order valence-electron chi connectivity index (χ2n) is 5.88. The standard InChI is InChI=1S/C15H23ClN4O/c1-3-7-15(2,17)14(21)19-11-6-9-20(10-11)13-12(16)5-4-8-18-13/h4-5,8,11H,3,6-7,9-10,17H2,1-2H3,(H,19,21). The Bertz CT molecular complexity index is 506. The maximum absolute atomic E-state index is 12.2. The Morgan fingerprint density at radius 2 is 2.43 bits per heavy atom. The van der Waals surface area contributed by atoms with Crippen LogP contribution in [-0.4, -0.2) is 35.6 Å². The summed E-state index contributed by atoms with van der Waals surface area (Å²) in [6.07, 6.45) is 4.17. The molecule has 2 unspecified atom stereocenters. The van der Waals surface area contributed by atoms with Gasteiger partial charge in [-0.15, -0.1) is 0 Å². The van der Waals surface area contributed by atoms with E-state index in [4.69, 9.17) is 17.3 Å². The van der Waals surface area contributed by atoms with Crippen LogP contribution in [0.3, 0.4) is 0 Å². The van der Waals surface area contributed by atoms with Crippen molar-refractivity contribution in [2.75, 3.05) is 18.0 Å². The lowest BCUT2D eigenvalue weighted by Crippen LogP contribution is -2.54. The first-order chi connectivity index (χ1) is 9.94. The van der Waals surface area contributed by atoms with Crippen LogP contribution in [0.1, 0.15) is 33.1 Å². The fraction of sp³-hybridized carbons (Fsp3) is 0.600. The number of amides is 1. The number of nitrogens with two attached hydrogens (primary N) is 1. The van der Waals surface area contributed by atoms with Crippen LogP contribution < -0.4 is 16.0 Å². The number of pyridine rings is 1. The summed E-state index contributed by atoms with van der Waals surface area (Å²) >= 11 is 6.16. The SMILES string of the molecule is CCCC(C)(N)C(=O)NC1CCN(c2ncccc2Cl)C1. The third kappa shape index (κ3) is 3.86. The van der Waals surface area contributed by atoms with E-state index in [1.807, 2.05) is 19.1 Å². The number of carbonyl (C=O) groups is 1. The third-order valence-corrected chi connectivity index (χ3v) is 4.15. The largest absolute Gasteiger partial charge is 0.353 e. The topological polar surface area (TPSA) is 71.2 Å².